The molecule has 3 nitrogen and oxygen atoms in total. The second kappa shape index (κ2) is 5.25. The summed E-state index contributed by atoms with van der Waals surface area (Å²) in [7, 11) is 0. The molecule has 0 aromatic heterocycles. The Kier molecular flexibility index (Phi) is 3.61. The maximum atomic E-state index is 13.3. The Morgan fingerprint density at radius 2 is 1.79 bits per heavy atom. The molecule has 0 heterocycles. The van der Waals surface area contributed by atoms with E-state index in [0.29, 0.717) is 48.6 Å². The van der Waals surface area contributed by atoms with Crippen molar-refractivity contribution in [1.82, 2.24) is 0 Å². The Labute approximate surface area is 144 Å². The molecule has 24 heavy (non-hydrogen) atoms. The van der Waals surface area contributed by atoms with E-state index in [1.54, 1.807) is 6.92 Å². The molecule has 132 valence electrons. The van der Waals surface area contributed by atoms with Crippen LogP contribution in [0.15, 0.2) is 0 Å². The first-order valence-corrected chi connectivity index (χ1v) is 9.82. The first-order chi connectivity index (χ1) is 11.3. The van der Waals surface area contributed by atoms with Gasteiger partial charge in [0.2, 0.25) is 0 Å². The van der Waals surface area contributed by atoms with E-state index >= 15 is 0 Å². The molecule has 4 aliphatic carbocycles. The number of fused-ring (bicyclic) bond motifs is 5. The molecular weight excluding hydrogens is 300 g/mol. The zero-order chi connectivity index (χ0) is 17.3. The van der Waals surface area contributed by atoms with Crippen LogP contribution in [-0.2, 0) is 14.4 Å². The second-order valence-electron chi connectivity index (χ2n) is 9.66. The van der Waals surface area contributed by atoms with E-state index in [4.69, 9.17) is 0 Å². The molecule has 0 N–H and O–H groups in total. The highest BCUT2D eigenvalue weighted by molar-refractivity contribution is 5.87. The van der Waals surface area contributed by atoms with Gasteiger partial charge in [-0.25, -0.2) is 0 Å². The van der Waals surface area contributed by atoms with Crippen molar-refractivity contribution in [1.29, 1.82) is 0 Å². The van der Waals surface area contributed by atoms with Gasteiger partial charge in [-0.05, 0) is 67.6 Å². The number of carbonyl (C=O) groups excluding carboxylic acids is 3. The molecule has 3 heteroatoms. The van der Waals surface area contributed by atoms with Crippen molar-refractivity contribution in [2.75, 3.05) is 0 Å². The highest BCUT2D eigenvalue weighted by atomic mass is 16.1. The third-order valence-electron chi connectivity index (χ3n) is 8.66. The standard InChI is InChI=1S/C21H30O3/c1-12(22)16-6-7-17-15-5-4-13-10-14(23)8-9-20(13,2)19(15)18(24)11-21(16,17)3/h13,15-17,19H,4-11H2,1-3H3/t13-,15-,16+,17+,19-,20-,21+/m0/s1. The van der Waals surface area contributed by atoms with Gasteiger partial charge in [-0.1, -0.05) is 13.8 Å². The Bertz CT molecular complexity index is 608. The molecule has 0 radical (unpaired) electrons. The summed E-state index contributed by atoms with van der Waals surface area (Å²) in [5.41, 5.74) is -0.0959. The third kappa shape index (κ3) is 2.05. The lowest BCUT2D eigenvalue weighted by atomic mass is 9.44. The molecule has 4 rings (SSSR count). The fourth-order valence-electron chi connectivity index (χ4n) is 7.53. The van der Waals surface area contributed by atoms with Crippen LogP contribution in [0.25, 0.3) is 0 Å². The van der Waals surface area contributed by atoms with Gasteiger partial charge in [0.05, 0.1) is 0 Å². The molecule has 0 amide bonds. The van der Waals surface area contributed by atoms with Crippen molar-refractivity contribution in [2.24, 2.45) is 40.4 Å². The predicted octanol–water partition coefficient (Wildman–Crippen LogP) is 3.98. The van der Waals surface area contributed by atoms with Gasteiger partial charge in [-0.2, -0.15) is 0 Å². The first kappa shape index (κ1) is 16.5. The lowest BCUT2D eigenvalue weighted by molar-refractivity contribution is -0.161. The van der Waals surface area contributed by atoms with E-state index in [1.165, 1.54) is 0 Å². The first-order valence-electron chi connectivity index (χ1n) is 9.82. The summed E-state index contributed by atoms with van der Waals surface area (Å²) in [5, 5.41) is 0. The largest absolute Gasteiger partial charge is 0.300 e. The van der Waals surface area contributed by atoms with Crippen molar-refractivity contribution in [3.63, 3.8) is 0 Å². The van der Waals surface area contributed by atoms with E-state index in [2.05, 4.69) is 13.8 Å². The molecular formula is C21H30O3. The van der Waals surface area contributed by atoms with Crippen LogP contribution in [0, 0.1) is 40.4 Å². The van der Waals surface area contributed by atoms with Gasteiger partial charge in [0.15, 0.2) is 0 Å². The molecule has 4 fully saturated rings. The highest BCUT2D eigenvalue weighted by Gasteiger charge is 2.63. The van der Waals surface area contributed by atoms with Gasteiger partial charge in [0, 0.05) is 31.1 Å². The fraction of sp³-hybridized carbons (Fsp3) is 0.857. The minimum absolute atomic E-state index is 0.0174. The number of rotatable bonds is 1. The van der Waals surface area contributed by atoms with Gasteiger partial charge < -0.3 is 0 Å². The summed E-state index contributed by atoms with van der Waals surface area (Å²) < 4.78 is 0. The summed E-state index contributed by atoms with van der Waals surface area (Å²) >= 11 is 0. The van der Waals surface area contributed by atoms with E-state index in [-0.39, 0.29) is 28.4 Å². The van der Waals surface area contributed by atoms with Crippen molar-refractivity contribution >= 4 is 17.3 Å². The van der Waals surface area contributed by atoms with Crippen molar-refractivity contribution in [3.8, 4) is 0 Å². The minimum Gasteiger partial charge on any atom is -0.300 e. The average Bonchev–Trinajstić information content (AvgIpc) is 2.84. The molecule has 0 saturated heterocycles. The van der Waals surface area contributed by atoms with E-state index in [0.717, 1.165) is 32.1 Å². The van der Waals surface area contributed by atoms with Gasteiger partial charge in [-0.3, -0.25) is 14.4 Å². The van der Waals surface area contributed by atoms with E-state index in [9.17, 15) is 14.4 Å². The van der Waals surface area contributed by atoms with Crippen LogP contribution in [0.2, 0.25) is 0 Å². The van der Waals surface area contributed by atoms with Gasteiger partial charge in [0.1, 0.15) is 17.3 Å². The Hall–Kier alpha value is -0.990. The van der Waals surface area contributed by atoms with Crippen LogP contribution in [0.5, 0.6) is 0 Å². The summed E-state index contributed by atoms with van der Waals surface area (Å²) in [6.45, 7) is 6.21. The SMILES string of the molecule is CC(=O)[C@H]1CC[C@@H]2[C@@H]3CC[C@H]4CC(=O)CC[C@]4(C)[C@@H]3C(=O)C[C@]12C. The normalized spacial score (nSPS) is 50.9. The number of ketones is 3. The number of Topliss-reactive ketones (excluding diaryl/α,β-unsaturated/α-hetero) is 3. The van der Waals surface area contributed by atoms with Gasteiger partial charge in [0.25, 0.3) is 0 Å². The zero-order valence-electron chi connectivity index (χ0n) is 15.3. The Morgan fingerprint density at radius 1 is 1.04 bits per heavy atom. The summed E-state index contributed by atoms with van der Waals surface area (Å²) in [6.07, 6.45) is 7.05. The average molecular weight is 330 g/mol. The zero-order valence-corrected chi connectivity index (χ0v) is 15.3. The van der Waals surface area contributed by atoms with Crippen molar-refractivity contribution in [2.45, 2.75) is 72.1 Å². The van der Waals surface area contributed by atoms with Crippen LogP contribution in [-0.4, -0.2) is 17.3 Å². The summed E-state index contributed by atoms with van der Waals surface area (Å²) in [4.78, 5) is 37.4. The maximum absolute atomic E-state index is 13.3. The molecule has 0 aliphatic heterocycles. The smallest absolute Gasteiger partial charge is 0.137 e. The molecule has 0 aromatic rings. The molecule has 0 aromatic carbocycles. The quantitative estimate of drug-likeness (QED) is 0.730. The molecule has 0 unspecified atom stereocenters. The lowest BCUT2D eigenvalue weighted by Gasteiger charge is -2.59. The van der Waals surface area contributed by atoms with Crippen LogP contribution in [0.1, 0.15) is 72.1 Å². The number of hydrogen-bond donors (Lipinski definition) is 0. The summed E-state index contributed by atoms with van der Waals surface area (Å²) in [5.74, 6) is 2.63. The molecule has 0 spiro atoms. The molecule has 0 bridgehead atoms. The molecule has 4 saturated carbocycles. The number of hydrogen-bond acceptors (Lipinski definition) is 3. The molecule has 7 atom stereocenters. The predicted molar refractivity (Wildman–Crippen MR) is 91.3 cm³/mol. The lowest BCUT2D eigenvalue weighted by Crippen LogP contribution is -2.57. The fourth-order valence-corrected chi connectivity index (χ4v) is 7.53. The maximum Gasteiger partial charge on any atom is 0.137 e. The van der Waals surface area contributed by atoms with Gasteiger partial charge in [-0.15, -0.1) is 0 Å². The van der Waals surface area contributed by atoms with Crippen LogP contribution < -0.4 is 0 Å². The van der Waals surface area contributed by atoms with Gasteiger partial charge >= 0.3 is 0 Å². The van der Waals surface area contributed by atoms with Crippen molar-refractivity contribution < 1.29 is 14.4 Å². The Balaban J connectivity index is 1.69. The van der Waals surface area contributed by atoms with Crippen LogP contribution in [0.4, 0.5) is 0 Å². The van der Waals surface area contributed by atoms with Crippen molar-refractivity contribution in [3.05, 3.63) is 0 Å². The second-order valence-corrected chi connectivity index (χ2v) is 9.66. The van der Waals surface area contributed by atoms with E-state index in [1.807, 2.05) is 0 Å². The highest BCUT2D eigenvalue weighted by Crippen LogP contribution is 2.66. The van der Waals surface area contributed by atoms with E-state index < -0.39 is 0 Å². The summed E-state index contributed by atoms with van der Waals surface area (Å²) in [6, 6.07) is 0. The third-order valence-corrected chi connectivity index (χ3v) is 8.66. The molecule has 4 aliphatic rings. The number of carbonyl (C=O) groups is 3. The van der Waals surface area contributed by atoms with Crippen LogP contribution in [0.3, 0.4) is 0 Å². The van der Waals surface area contributed by atoms with Crippen LogP contribution >= 0.6 is 0 Å². The Morgan fingerprint density at radius 3 is 2.50 bits per heavy atom. The minimum atomic E-state index is -0.113. The monoisotopic (exact) mass is 330 g/mol. The topological polar surface area (TPSA) is 51.2 Å².